The standard InChI is InChI=1S/2C7H6O2.2CH2O2.Ca.2Na/c2*8-7(9)6-4-2-1-3-5-6;2*2-1-3;;;/h2*1-5H,(H,8,9);2*1H,(H,2,3);;;/q;;;;+2;2*+1/p-4. The average Bonchev–Trinajstić information content (AvgIpc) is 2.58. The van der Waals surface area contributed by atoms with Gasteiger partial charge in [0, 0.05) is 12.9 Å². The Morgan fingerprint density at radius 3 is 0.926 bits per heavy atom. The summed E-state index contributed by atoms with van der Waals surface area (Å²) in [5.74, 6) is -2.26. The smallest absolute Gasteiger partial charge is 0.554 e. The first kappa shape index (κ1) is 37.3. The number of hydrogen-bond donors (Lipinski definition) is 0. The number of rotatable bonds is 2. The van der Waals surface area contributed by atoms with Gasteiger partial charge in [0.25, 0.3) is 0 Å². The molecule has 0 aromatic heterocycles. The largest absolute Gasteiger partial charge is 2.00 e. The maximum absolute atomic E-state index is 10.1. The first-order chi connectivity index (χ1) is 11.4. The molecule has 2 aromatic carbocycles. The molecule has 0 saturated carbocycles. The van der Waals surface area contributed by atoms with Crippen molar-refractivity contribution in [2.45, 2.75) is 0 Å². The van der Waals surface area contributed by atoms with E-state index in [9.17, 15) is 19.8 Å². The number of carboxylic acid groups (broad SMARTS) is 4. The molecular formula is C16H12CaNa2O8. The van der Waals surface area contributed by atoms with Crippen LogP contribution in [0.2, 0.25) is 0 Å². The molecule has 0 aliphatic rings. The third-order valence-corrected chi connectivity index (χ3v) is 2.02. The van der Waals surface area contributed by atoms with Crippen molar-refractivity contribution in [1.29, 1.82) is 0 Å². The van der Waals surface area contributed by atoms with E-state index in [-0.39, 0.29) is 108 Å². The van der Waals surface area contributed by atoms with Gasteiger partial charge in [-0.25, -0.2) is 0 Å². The monoisotopic (exact) mass is 418 g/mol. The zero-order chi connectivity index (χ0) is 18.8. The molecule has 0 aliphatic carbocycles. The average molecular weight is 418 g/mol. The van der Waals surface area contributed by atoms with Gasteiger partial charge in [-0.15, -0.1) is 0 Å². The molecule has 0 unspecified atom stereocenters. The van der Waals surface area contributed by atoms with E-state index in [1.54, 1.807) is 36.4 Å². The van der Waals surface area contributed by atoms with E-state index in [2.05, 4.69) is 0 Å². The van der Waals surface area contributed by atoms with Gasteiger partial charge in [-0.2, -0.15) is 0 Å². The molecule has 2 rings (SSSR count). The van der Waals surface area contributed by atoms with Crippen molar-refractivity contribution in [2.24, 2.45) is 0 Å². The van der Waals surface area contributed by atoms with Crippen molar-refractivity contribution >= 4 is 62.6 Å². The van der Waals surface area contributed by atoms with Crippen LogP contribution in [0.1, 0.15) is 20.7 Å². The molecule has 0 radical (unpaired) electrons. The zero-order valence-electron chi connectivity index (χ0n) is 14.9. The van der Waals surface area contributed by atoms with E-state index >= 15 is 0 Å². The number of carboxylic acids is 2. The second-order valence-corrected chi connectivity index (χ2v) is 3.50. The van der Waals surface area contributed by atoms with E-state index < -0.39 is 24.9 Å². The second-order valence-electron chi connectivity index (χ2n) is 3.50. The molecule has 0 bridgehead atoms. The summed E-state index contributed by atoms with van der Waals surface area (Å²) in [5, 5.41) is 36.7. The summed E-state index contributed by atoms with van der Waals surface area (Å²) in [6.45, 7) is -1.00. The fourth-order valence-electron chi connectivity index (χ4n) is 1.15. The predicted octanol–water partition coefficient (Wildman–Crippen LogP) is -9.54. The molecular weight excluding hydrogens is 406 g/mol. The fourth-order valence-corrected chi connectivity index (χ4v) is 1.15. The number of benzene rings is 2. The fraction of sp³-hybridized carbons (Fsp3) is 0. The molecule has 27 heavy (non-hydrogen) atoms. The molecule has 0 heterocycles. The van der Waals surface area contributed by atoms with Crippen LogP contribution in [0.25, 0.3) is 0 Å². The van der Waals surface area contributed by atoms with Crippen LogP contribution in [0, 0.1) is 0 Å². The Hall–Kier alpha value is -0.420. The topological polar surface area (TPSA) is 161 Å². The van der Waals surface area contributed by atoms with Gasteiger partial charge in [0.15, 0.2) is 0 Å². The first-order valence-corrected chi connectivity index (χ1v) is 6.08. The van der Waals surface area contributed by atoms with Crippen molar-refractivity contribution in [3.05, 3.63) is 71.8 Å². The number of carbonyl (C=O) groups is 4. The van der Waals surface area contributed by atoms with E-state index in [4.69, 9.17) is 19.8 Å². The molecule has 8 nitrogen and oxygen atoms in total. The van der Waals surface area contributed by atoms with Crippen molar-refractivity contribution in [3.8, 4) is 0 Å². The first-order valence-electron chi connectivity index (χ1n) is 6.08. The Balaban J connectivity index is -0.0000000856. The molecule has 0 amide bonds. The molecule has 0 saturated heterocycles. The summed E-state index contributed by atoms with van der Waals surface area (Å²) < 4.78 is 0. The third-order valence-electron chi connectivity index (χ3n) is 2.02. The maximum atomic E-state index is 10.1. The molecule has 11 heteroatoms. The minimum atomic E-state index is -1.13. The summed E-state index contributed by atoms with van der Waals surface area (Å²) in [6, 6.07) is 16.1. The van der Waals surface area contributed by atoms with Crippen LogP contribution in [0.5, 0.6) is 0 Å². The van der Waals surface area contributed by atoms with Gasteiger partial charge < -0.3 is 39.6 Å². The van der Waals surface area contributed by atoms with Crippen LogP contribution in [-0.4, -0.2) is 62.6 Å². The quantitative estimate of drug-likeness (QED) is 0.343. The van der Waals surface area contributed by atoms with Gasteiger partial charge in [-0.3, -0.25) is 0 Å². The third kappa shape index (κ3) is 25.6. The summed E-state index contributed by atoms with van der Waals surface area (Å²) in [5.41, 5.74) is 0.440. The molecule has 2 aromatic rings. The Bertz CT molecular complexity index is 557. The number of carbonyl (C=O) groups excluding carboxylic acids is 4. The van der Waals surface area contributed by atoms with Crippen LogP contribution < -0.4 is 79.5 Å². The maximum Gasteiger partial charge on any atom is 2.00 e. The van der Waals surface area contributed by atoms with Crippen LogP contribution in [-0.2, 0) is 9.59 Å². The van der Waals surface area contributed by atoms with Gasteiger partial charge >= 0.3 is 96.9 Å². The van der Waals surface area contributed by atoms with Crippen molar-refractivity contribution in [2.75, 3.05) is 0 Å². The number of aromatic carboxylic acids is 2. The normalized spacial score (nSPS) is 6.81. The van der Waals surface area contributed by atoms with E-state index in [0.29, 0.717) is 0 Å². The second kappa shape index (κ2) is 27.8. The van der Waals surface area contributed by atoms with Crippen LogP contribution in [0.3, 0.4) is 0 Å². The Morgan fingerprint density at radius 2 is 0.815 bits per heavy atom. The minimum Gasteiger partial charge on any atom is -0.554 e. The number of hydrogen-bond acceptors (Lipinski definition) is 8. The van der Waals surface area contributed by atoms with Crippen molar-refractivity contribution in [1.82, 2.24) is 0 Å². The Labute approximate surface area is 230 Å². The van der Waals surface area contributed by atoms with E-state index in [0.717, 1.165) is 0 Å². The predicted molar refractivity (Wildman–Crippen MR) is 79.4 cm³/mol. The van der Waals surface area contributed by atoms with Gasteiger partial charge in [-0.05, 0) is 11.1 Å². The van der Waals surface area contributed by atoms with Crippen molar-refractivity contribution in [3.63, 3.8) is 0 Å². The zero-order valence-corrected chi connectivity index (χ0v) is 21.1. The van der Waals surface area contributed by atoms with Crippen LogP contribution in [0.4, 0.5) is 0 Å². The SMILES string of the molecule is O=C([O-])c1ccccc1.O=C([O-])c1ccccc1.O=C[O-].O=C[O-].[Ca+2].[Na+].[Na+]. The van der Waals surface area contributed by atoms with Gasteiger partial charge in [0.2, 0.25) is 0 Å². The molecule has 0 N–H and O–H groups in total. The van der Waals surface area contributed by atoms with Gasteiger partial charge in [0.05, 0.1) is 11.9 Å². The molecule has 0 aliphatic heterocycles. The van der Waals surface area contributed by atoms with E-state index in [1.165, 1.54) is 24.3 Å². The van der Waals surface area contributed by atoms with Gasteiger partial charge in [-0.1, -0.05) is 60.7 Å². The van der Waals surface area contributed by atoms with Crippen LogP contribution in [0.15, 0.2) is 60.7 Å². The van der Waals surface area contributed by atoms with Crippen LogP contribution >= 0.6 is 0 Å². The molecule has 0 atom stereocenters. The molecule has 0 spiro atoms. The molecule has 0 fully saturated rings. The Kier molecular flexibility index (Phi) is 38.4. The molecule has 128 valence electrons. The summed E-state index contributed by atoms with van der Waals surface area (Å²) in [4.78, 5) is 36.7. The van der Waals surface area contributed by atoms with E-state index in [1.807, 2.05) is 0 Å². The van der Waals surface area contributed by atoms with Gasteiger partial charge in [0.1, 0.15) is 0 Å². The summed E-state index contributed by atoms with van der Waals surface area (Å²) in [7, 11) is 0. The van der Waals surface area contributed by atoms with Crippen molar-refractivity contribution < 1.29 is 98.7 Å². The Morgan fingerprint density at radius 1 is 0.630 bits per heavy atom. The summed E-state index contributed by atoms with van der Waals surface area (Å²) in [6.07, 6.45) is 0. The minimum absolute atomic E-state index is 0. The summed E-state index contributed by atoms with van der Waals surface area (Å²) >= 11 is 0.